The summed E-state index contributed by atoms with van der Waals surface area (Å²) < 4.78 is 169. The lowest BCUT2D eigenvalue weighted by atomic mass is 9.94. The molecule has 0 amide bonds. The number of rotatable bonds is 40. The van der Waals surface area contributed by atoms with E-state index in [9.17, 15) is 14.4 Å². The first-order valence-corrected chi connectivity index (χ1v) is 38.5. The van der Waals surface area contributed by atoms with Crippen LogP contribution in [0.15, 0.2) is 182 Å². The third-order valence-corrected chi connectivity index (χ3v) is 20.4. The van der Waals surface area contributed by atoms with Crippen LogP contribution in [-0.2, 0) is 187 Å². The van der Waals surface area contributed by atoms with E-state index in [2.05, 4.69) is 0 Å². The molecule has 5 aliphatic rings. The average Bonchev–Trinajstić information content (AvgIpc) is 0.758. The van der Waals surface area contributed by atoms with Gasteiger partial charge in [-0.3, -0.25) is 14.4 Å². The normalized spacial score (nSPS) is 31.1. The Morgan fingerprint density at radius 1 is 0.256 bits per heavy atom. The van der Waals surface area contributed by atoms with Crippen molar-refractivity contribution >= 4 is 29.8 Å². The molecular formula is C86H106O31. The molecule has 11 rings (SSSR count). The smallest absolute Gasteiger partial charge is 0.338 e. The zero-order valence-corrected chi connectivity index (χ0v) is 67.3. The molecule has 0 radical (unpaired) electrons. The van der Waals surface area contributed by atoms with Crippen LogP contribution in [0.1, 0.15) is 54.2 Å². The summed E-state index contributed by atoms with van der Waals surface area (Å²) in [4.78, 5) is 70.4. The van der Waals surface area contributed by atoms with Crippen LogP contribution in [0.2, 0.25) is 0 Å². The van der Waals surface area contributed by atoms with Gasteiger partial charge in [0.25, 0.3) is 0 Å². The van der Waals surface area contributed by atoms with Crippen molar-refractivity contribution in [3.05, 3.63) is 215 Å². The second-order valence-corrected chi connectivity index (χ2v) is 28.2. The quantitative estimate of drug-likeness (QED) is 0.0267. The van der Waals surface area contributed by atoms with Gasteiger partial charge in [0.1, 0.15) is 130 Å². The fraction of sp³-hybridized carbons (Fsp3) is 0.523. The van der Waals surface area contributed by atoms with Gasteiger partial charge in [-0.15, -0.1) is 0 Å². The molecule has 31 heteroatoms. The zero-order valence-electron chi connectivity index (χ0n) is 67.3. The second kappa shape index (κ2) is 45.3. The summed E-state index contributed by atoms with van der Waals surface area (Å²) >= 11 is 0. The zero-order chi connectivity index (χ0) is 82.7. The fourth-order valence-electron chi connectivity index (χ4n) is 14.8. The number of esters is 5. The summed E-state index contributed by atoms with van der Waals surface area (Å²) in [5.41, 5.74) is 4.37. The van der Waals surface area contributed by atoms with Gasteiger partial charge >= 0.3 is 29.8 Å². The number of hydrogen-bond donors (Lipinski definition) is 0. The number of benzene rings is 6. The Bertz CT molecular complexity index is 3940. The van der Waals surface area contributed by atoms with Crippen LogP contribution in [0, 0.1) is 0 Å². The van der Waals surface area contributed by atoms with Crippen LogP contribution in [0.25, 0.3) is 0 Å². The van der Waals surface area contributed by atoms with Gasteiger partial charge in [0.15, 0.2) is 49.8 Å². The number of ether oxygens (including phenoxy) is 26. The Balaban J connectivity index is 0.976. The monoisotopic (exact) mass is 1630 g/mol. The van der Waals surface area contributed by atoms with Crippen LogP contribution < -0.4 is 0 Å². The van der Waals surface area contributed by atoms with E-state index in [1.807, 2.05) is 103 Å². The largest absolute Gasteiger partial charge is 0.463 e. The van der Waals surface area contributed by atoms with Crippen molar-refractivity contribution in [1.82, 2.24) is 0 Å². The molecule has 0 spiro atoms. The van der Waals surface area contributed by atoms with Crippen LogP contribution in [0.3, 0.4) is 0 Å². The summed E-state index contributed by atoms with van der Waals surface area (Å²) in [7, 11) is 11.1. The summed E-state index contributed by atoms with van der Waals surface area (Å²) in [6.07, 6.45) is -35.0. The molecule has 6 aromatic rings. The highest BCUT2D eigenvalue weighted by Crippen LogP contribution is 2.42. The van der Waals surface area contributed by atoms with Gasteiger partial charge in [0.2, 0.25) is 0 Å². The number of hydrogen-bond acceptors (Lipinski definition) is 31. The molecule has 6 aromatic carbocycles. The highest BCUT2D eigenvalue weighted by Gasteiger charge is 2.62. The minimum atomic E-state index is -1.85. The lowest BCUT2D eigenvalue weighted by Crippen LogP contribution is -2.70. The molecule has 5 saturated heterocycles. The molecule has 636 valence electrons. The van der Waals surface area contributed by atoms with E-state index in [0.29, 0.717) is 16.7 Å². The predicted octanol–water partition coefficient (Wildman–Crippen LogP) is 7.42. The lowest BCUT2D eigenvalue weighted by molar-refractivity contribution is -0.396. The molecule has 25 atom stereocenters. The fourth-order valence-corrected chi connectivity index (χ4v) is 14.8. The van der Waals surface area contributed by atoms with Crippen LogP contribution >= 0.6 is 0 Å². The minimum absolute atomic E-state index is 0.0529. The molecule has 0 saturated carbocycles. The topological polar surface area (TPSA) is 325 Å². The Hall–Kier alpha value is -8.17. The van der Waals surface area contributed by atoms with Crippen LogP contribution in [-0.4, -0.2) is 260 Å². The van der Waals surface area contributed by atoms with Gasteiger partial charge in [-0.25, -0.2) is 9.59 Å². The molecule has 5 heterocycles. The van der Waals surface area contributed by atoms with E-state index >= 15 is 9.59 Å². The van der Waals surface area contributed by atoms with Crippen molar-refractivity contribution in [2.45, 2.75) is 214 Å². The Morgan fingerprint density at radius 2 is 0.547 bits per heavy atom. The first-order chi connectivity index (χ1) is 57.0. The van der Waals surface area contributed by atoms with Gasteiger partial charge in [-0.2, -0.15) is 0 Å². The van der Waals surface area contributed by atoms with E-state index in [-0.39, 0.29) is 52.9 Å². The molecule has 0 aliphatic carbocycles. The van der Waals surface area contributed by atoms with Crippen molar-refractivity contribution in [2.75, 3.05) is 76.7 Å². The van der Waals surface area contributed by atoms with Gasteiger partial charge < -0.3 is 123 Å². The SMILES string of the molecule is CO[C@H]1O[C@H](COCc2ccccc2)[C@@H](O[C@@H]2O[C@@H](C(=O)OCc3ccccc3)[C@@H](O[C@H]3O[C@H](COC(C)=O)[C@@H](O[C@@H]4O[C@H](C(=O)OCc5ccccc5)[C@@H](O[C@H]5O[C@H](COC(C)=O)[C@@H](OC)[C@H](OC)[C@H]5OC)[C@H](OC)[C@H]4OC)[C@H](OC(C)=O)[C@H]3OCc3ccccc3)[C@H](OC)[C@H]2OC)[C@H](OCc2ccccc2)[C@H]1OCc1ccccc1. The van der Waals surface area contributed by atoms with Gasteiger partial charge in [-0.1, -0.05) is 182 Å². The van der Waals surface area contributed by atoms with Crippen molar-refractivity contribution in [3.63, 3.8) is 0 Å². The van der Waals surface area contributed by atoms with E-state index in [4.69, 9.17) is 123 Å². The van der Waals surface area contributed by atoms with Crippen molar-refractivity contribution in [1.29, 1.82) is 0 Å². The molecule has 0 aromatic heterocycles. The summed E-state index contributed by atoms with van der Waals surface area (Å²) in [5.74, 6) is -4.25. The van der Waals surface area contributed by atoms with E-state index in [1.54, 1.807) is 78.9 Å². The Kier molecular flexibility index (Phi) is 34.7. The summed E-state index contributed by atoms with van der Waals surface area (Å²) in [6, 6.07) is 55.3. The average molecular weight is 1640 g/mol. The summed E-state index contributed by atoms with van der Waals surface area (Å²) in [6.45, 7) is 2.06. The number of carbonyl (C=O) groups excluding carboxylic acids is 5. The summed E-state index contributed by atoms with van der Waals surface area (Å²) in [5, 5.41) is 0. The van der Waals surface area contributed by atoms with Gasteiger partial charge in [-0.05, 0) is 33.4 Å². The van der Waals surface area contributed by atoms with E-state index < -0.39 is 190 Å². The highest BCUT2D eigenvalue weighted by molar-refractivity contribution is 5.76. The van der Waals surface area contributed by atoms with Crippen LogP contribution in [0.4, 0.5) is 0 Å². The molecule has 0 unspecified atom stereocenters. The third-order valence-electron chi connectivity index (χ3n) is 20.4. The number of carbonyl (C=O) groups is 5. The molecule has 5 aliphatic heterocycles. The molecule has 5 fully saturated rings. The Morgan fingerprint density at radius 3 is 0.906 bits per heavy atom. The molecule has 31 nitrogen and oxygen atoms in total. The minimum Gasteiger partial charge on any atom is -0.463 e. The first-order valence-electron chi connectivity index (χ1n) is 38.5. The first kappa shape index (κ1) is 89.6. The lowest BCUT2D eigenvalue weighted by Gasteiger charge is -2.51. The van der Waals surface area contributed by atoms with Crippen molar-refractivity contribution in [3.8, 4) is 0 Å². The van der Waals surface area contributed by atoms with Crippen LogP contribution in [0.5, 0.6) is 0 Å². The Labute approximate surface area is 680 Å². The molecular weight excluding hydrogens is 1530 g/mol. The van der Waals surface area contributed by atoms with Crippen molar-refractivity contribution in [2.24, 2.45) is 0 Å². The van der Waals surface area contributed by atoms with E-state index in [0.717, 1.165) is 30.5 Å². The van der Waals surface area contributed by atoms with Gasteiger partial charge in [0.05, 0.1) is 33.0 Å². The second-order valence-electron chi connectivity index (χ2n) is 28.2. The maximum Gasteiger partial charge on any atom is 0.338 e. The highest BCUT2D eigenvalue weighted by atomic mass is 16.8. The molecule has 117 heavy (non-hydrogen) atoms. The maximum absolute atomic E-state index is 15.6. The van der Waals surface area contributed by atoms with E-state index in [1.165, 1.54) is 63.8 Å². The number of methoxy groups -OCH3 is 8. The predicted molar refractivity (Wildman–Crippen MR) is 408 cm³/mol. The molecule has 0 N–H and O–H groups in total. The maximum atomic E-state index is 15.6. The van der Waals surface area contributed by atoms with Gasteiger partial charge in [0, 0.05) is 77.6 Å². The molecule has 0 bridgehead atoms. The third kappa shape index (κ3) is 23.9. The van der Waals surface area contributed by atoms with Crippen molar-refractivity contribution < 1.29 is 147 Å². The standard InChI is InChI=1S/C86H106O31/c1-51(87)101-49-61-63(92-4)66(93-5)75(96-8)83(110-61)114-71-67(94-6)77(98-10)85(117-73(71)80(90)106-46-58-38-26-16-27-39-58)113-65-62(50-102-52(2)88)111-86(79(70(65)108-53(3)89)105-45-57-36-24-15-25-37-57)115-72-68(95-7)76(97-9)84(116-74(72)81(91)107-47-59-40-28-17-29-41-59)112-64-60(48-100-42-54-30-18-12-19-31-54)109-82(99-11)78(104-44-56-34-22-14-23-35-56)69(64)103-43-55-32-20-13-21-33-55/h12-41,60-79,82-86H,42-50H2,1-11H3/t60-,61-,62-,63-,64-,65-,66+,67+,68+,69+,70+,71+,72+,73+,74-,75-,76-,77-,78-,79-,82+,83-,84-,85-,86-/m1/s1.